The maximum Gasteiger partial charge on any atom is 0.161 e. The molecule has 0 N–H and O–H groups in total. The van der Waals surface area contributed by atoms with Gasteiger partial charge in [-0.2, -0.15) is 0 Å². The van der Waals surface area contributed by atoms with Crippen LogP contribution in [0.1, 0.15) is 22.3 Å². The summed E-state index contributed by atoms with van der Waals surface area (Å²) in [6.45, 7) is 0. The van der Waals surface area contributed by atoms with Crippen LogP contribution in [-0.4, -0.2) is 14.5 Å². The average Bonchev–Trinajstić information content (AvgIpc) is 3.92. The van der Waals surface area contributed by atoms with Gasteiger partial charge in [-0.05, 0) is 92.0 Å². The molecule has 2 aromatic heterocycles. The van der Waals surface area contributed by atoms with Crippen LogP contribution in [0.2, 0.25) is 0 Å². The third kappa shape index (κ3) is 5.23. The minimum absolute atomic E-state index is 0.585. The highest BCUT2D eigenvalue weighted by Crippen LogP contribution is 2.61. The summed E-state index contributed by atoms with van der Waals surface area (Å²) in [5.41, 5.74) is 17.8. The van der Waals surface area contributed by atoms with Crippen LogP contribution in [0.25, 0.3) is 93.7 Å². The van der Waals surface area contributed by atoms with Gasteiger partial charge in [0.05, 0.1) is 44.7 Å². The number of rotatable bonds is 5. The number of benzene rings is 11. The smallest absolute Gasteiger partial charge is 0.161 e. The lowest BCUT2D eigenvalue weighted by atomic mass is 9.67. The van der Waals surface area contributed by atoms with E-state index in [1.807, 2.05) is 0 Å². The van der Waals surface area contributed by atoms with Crippen molar-refractivity contribution in [3.8, 4) is 39.5 Å². The number of fused-ring (bicyclic) bond motifs is 13. The Labute approximate surface area is 398 Å². The fourth-order valence-corrected chi connectivity index (χ4v) is 12.2. The number of hydrogen-bond donors (Lipinski definition) is 0. The molecule has 4 heteroatoms. The monoisotopic (exact) mass is 876 g/mol. The molecule has 1 aliphatic carbocycles. The van der Waals surface area contributed by atoms with Crippen LogP contribution in [0.3, 0.4) is 0 Å². The molecule has 0 unspecified atom stereocenters. The highest BCUT2D eigenvalue weighted by Gasteiger charge is 2.48. The van der Waals surface area contributed by atoms with Crippen molar-refractivity contribution in [2.45, 2.75) is 5.41 Å². The molecule has 0 radical (unpaired) electrons. The van der Waals surface area contributed by atoms with E-state index in [4.69, 9.17) is 9.97 Å². The van der Waals surface area contributed by atoms with Crippen molar-refractivity contribution in [2.75, 3.05) is 4.90 Å². The van der Waals surface area contributed by atoms with Crippen LogP contribution in [0.5, 0.6) is 0 Å². The molecule has 0 saturated heterocycles. The van der Waals surface area contributed by atoms with E-state index in [0.29, 0.717) is 5.82 Å². The highest BCUT2D eigenvalue weighted by molar-refractivity contribution is 6.26. The Balaban J connectivity index is 1.08. The fourth-order valence-electron chi connectivity index (χ4n) is 12.2. The van der Waals surface area contributed by atoms with E-state index in [9.17, 15) is 0 Å². The first-order chi connectivity index (χ1) is 34.3. The molecule has 320 valence electrons. The zero-order valence-electron chi connectivity index (χ0n) is 37.4. The summed E-state index contributed by atoms with van der Waals surface area (Å²) >= 11 is 0. The first-order valence-electron chi connectivity index (χ1n) is 23.7. The summed E-state index contributed by atoms with van der Waals surface area (Å²) in [6, 6.07) is 88.8. The van der Waals surface area contributed by atoms with Crippen molar-refractivity contribution in [3.05, 3.63) is 265 Å². The van der Waals surface area contributed by atoms with Crippen LogP contribution >= 0.6 is 0 Å². The Morgan fingerprint density at radius 1 is 0.406 bits per heavy atom. The lowest BCUT2D eigenvalue weighted by molar-refractivity contribution is 0.776. The first kappa shape index (κ1) is 38.0. The van der Waals surface area contributed by atoms with Crippen LogP contribution < -0.4 is 4.90 Å². The second-order valence-corrected chi connectivity index (χ2v) is 18.4. The standard InChI is InChI=1S/C65H40N4/c1-4-20-41(21-5-1)61-51-31-15-17-33-55(51)66-64(67-61)52-40-46(38-42-22-10-12-28-47(42)52)68-56-34-18-19-35-57(56)69-58-37-36-50-49-30-14-16-32-54(49)65(44-24-6-2-7-25-44,45-26-8-3-9-27-45)60(50)59(58)53-39-43-23-11-13-29-48(43)62(68)63(53)69/h1-40H. The molecule has 0 saturated carbocycles. The number of nitrogens with zero attached hydrogens (tertiary/aromatic N) is 4. The largest absolute Gasteiger partial charge is 0.306 e. The number of para-hydroxylation sites is 3. The van der Waals surface area contributed by atoms with Crippen LogP contribution in [-0.2, 0) is 5.41 Å². The van der Waals surface area contributed by atoms with Gasteiger partial charge < -0.3 is 9.47 Å². The third-order valence-corrected chi connectivity index (χ3v) is 14.9. The van der Waals surface area contributed by atoms with E-state index in [-0.39, 0.29) is 0 Å². The summed E-state index contributed by atoms with van der Waals surface area (Å²) in [5, 5.41) is 8.12. The minimum Gasteiger partial charge on any atom is -0.306 e. The van der Waals surface area contributed by atoms with Crippen LogP contribution in [0.15, 0.2) is 243 Å². The number of anilines is 3. The molecule has 4 nitrogen and oxygen atoms in total. The maximum absolute atomic E-state index is 5.46. The zero-order chi connectivity index (χ0) is 45.2. The summed E-state index contributed by atoms with van der Waals surface area (Å²) in [7, 11) is 0. The van der Waals surface area contributed by atoms with Gasteiger partial charge in [-0.15, -0.1) is 0 Å². The molecule has 11 aromatic carbocycles. The minimum atomic E-state index is -0.585. The summed E-state index contributed by atoms with van der Waals surface area (Å²) in [5.74, 6) is 0.696. The fraction of sp³-hybridized carbons (Fsp3) is 0.0154. The molecule has 0 bridgehead atoms. The molecule has 0 atom stereocenters. The number of aromatic nitrogens is 3. The van der Waals surface area contributed by atoms with Gasteiger partial charge >= 0.3 is 0 Å². The van der Waals surface area contributed by atoms with Gasteiger partial charge in [0, 0.05) is 38.4 Å². The third-order valence-electron chi connectivity index (χ3n) is 14.9. The average molecular weight is 877 g/mol. The molecule has 3 heterocycles. The van der Waals surface area contributed by atoms with E-state index in [1.165, 1.54) is 66.0 Å². The molecule has 1 aliphatic heterocycles. The Morgan fingerprint density at radius 2 is 1.01 bits per heavy atom. The molecule has 0 amide bonds. The maximum atomic E-state index is 5.46. The molecule has 0 fully saturated rings. The Morgan fingerprint density at radius 3 is 1.78 bits per heavy atom. The molecule has 0 spiro atoms. The van der Waals surface area contributed by atoms with Crippen LogP contribution in [0, 0.1) is 0 Å². The lowest BCUT2D eigenvalue weighted by Crippen LogP contribution is -2.28. The quantitative estimate of drug-likeness (QED) is 0.173. The van der Waals surface area contributed by atoms with E-state index < -0.39 is 5.41 Å². The highest BCUT2D eigenvalue weighted by atomic mass is 15.2. The Kier molecular flexibility index (Phi) is 7.96. The van der Waals surface area contributed by atoms with Gasteiger partial charge in [0.25, 0.3) is 0 Å². The van der Waals surface area contributed by atoms with Crippen molar-refractivity contribution in [2.24, 2.45) is 0 Å². The summed E-state index contributed by atoms with van der Waals surface area (Å²) < 4.78 is 2.56. The normalized spacial score (nSPS) is 13.3. The van der Waals surface area contributed by atoms with Gasteiger partial charge in [-0.3, -0.25) is 0 Å². The SMILES string of the molecule is c1ccc(-c2nc(-c3cc(N4c5ccccc5-n5c6ccc7c(c6c6cc8ccccc8c4c65)C(c4ccccc4)(c4ccccc4)c4ccccc4-7)cc4ccccc34)nc3ccccc23)cc1. The zero-order valence-corrected chi connectivity index (χ0v) is 37.4. The summed E-state index contributed by atoms with van der Waals surface area (Å²) in [4.78, 5) is 13.3. The van der Waals surface area contributed by atoms with Crippen LogP contribution in [0.4, 0.5) is 17.1 Å². The molecule has 15 rings (SSSR count). The van der Waals surface area contributed by atoms with Gasteiger partial charge in [0.15, 0.2) is 5.82 Å². The van der Waals surface area contributed by atoms with E-state index in [1.54, 1.807) is 0 Å². The Hall–Kier alpha value is -9.12. The second kappa shape index (κ2) is 14.4. The number of hydrogen-bond acceptors (Lipinski definition) is 3. The first-order valence-corrected chi connectivity index (χ1v) is 23.7. The Bertz CT molecular complexity index is 4210. The van der Waals surface area contributed by atoms with Gasteiger partial charge in [0.2, 0.25) is 0 Å². The molecular formula is C65H40N4. The van der Waals surface area contributed by atoms with Crippen molar-refractivity contribution < 1.29 is 0 Å². The van der Waals surface area contributed by atoms with E-state index >= 15 is 0 Å². The predicted octanol–water partition coefficient (Wildman–Crippen LogP) is 16.5. The topological polar surface area (TPSA) is 34.0 Å². The predicted molar refractivity (Wildman–Crippen MR) is 285 cm³/mol. The van der Waals surface area contributed by atoms with Gasteiger partial charge in [-0.25, -0.2) is 9.97 Å². The molecule has 2 aliphatic rings. The van der Waals surface area contributed by atoms with Gasteiger partial charge in [-0.1, -0.05) is 200 Å². The molecule has 69 heavy (non-hydrogen) atoms. The second-order valence-electron chi connectivity index (χ2n) is 18.4. The summed E-state index contributed by atoms with van der Waals surface area (Å²) in [6.07, 6.45) is 0. The van der Waals surface area contributed by atoms with E-state index in [2.05, 4.69) is 252 Å². The van der Waals surface area contributed by atoms with Gasteiger partial charge in [0.1, 0.15) is 0 Å². The molecular weight excluding hydrogens is 837 g/mol. The van der Waals surface area contributed by atoms with Crippen molar-refractivity contribution in [1.29, 1.82) is 0 Å². The van der Waals surface area contributed by atoms with Crippen molar-refractivity contribution in [3.63, 3.8) is 0 Å². The lowest BCUT2D eigenvalue weighted by Gasteiger charge is -2.34. The van der Waals surface area contributed by atoms with Crippen molar-refractivity contribution >= 4 is 71.3 Å². The van der Waals surface area contributed by atoms with E-state index in [0.717, 1.165) is 61.2 Å². The van der Waals surface area contributed by atoms with Crippen molar-refractivity contribution in [1.82, 2.24) is 14.5 Å². The molecule has 13 aromatic rings.